The lowest BCUT2D eigenvalue weighted by Gasteiger charge is -2.07. The van der Waals surface area contributed by atoms with Gasteiger partial charge in [-0.3, -0.25) is 4.79 Å². The van der Waals surface area contributed by atoms with Gasteiger partial charge in [0.05, 0.1) is 11.3 Å². The predicted molar refractivity (Wildman–Crippen MR) is 75.4 cm³/mol. The summed E-state index contributed by atoms with van der Waals surface area (Å²) in [6.45, 7) is 3.83. The molecule has 0 saturated carbocycles. The highest BCUT2D eigenvalue weighted by atomic mass is 32.2. The maximum absolute atomic E-state index is 11.8. The van der Waals surface area contributed by atoms with Gasteiger partial charge in [0, 0.05) is 23.3 Å². The minimum Gasteiger partial charge on any atom is -0.361 e. The monoisotopic (exact) mass is 276 g/mol. The van der Waals surface area contributed by atoms with Crippen molar-refractivity contribution in [3.8, 4) is 0 Å². The van der Waals surface area contributed by atoms with E-state index in [0.29, 0.717) is 5.56 Å². The van der Waals surface area contributed by atoms with E-state index in [0.717, 1.165) is 27.7 Å². The van der Waals surface area contributed by atoms with Gasteiger partial charge in [0.15, 0.2) is 0 Å². The second-order valence-electron chi connectivity index (χ2n) is 4.17. The molecule has 0 aliphatic rings. The van der Waals surface area contributed by atoms with E-state index >= 15 is 0 Å². The Kier molecular flexibility index (Phi) is 4.27. The van der Waals surface area contributed by atoms with Crippen LogP contribution in [0.3, 0.4) is 0 Å². The Labute approximate surface area is 116 Å². The fourth-order valence-electron chi connectivity index (χ4n) is 1.77. The zero-order chi connectivity index (χ0) is 13.8. The van der Waals surface area contributed by atoms with Crippen molar-refractivity contribution >= 4 is 17.7 Å². The first-order valence-corrected chi connectivity index (χ1v) is 6.97. The molecule has 1 N–H and O–H groups in total. The number of carbonyl (C=O) groups is 1. The predicted octanol–water partition coefficient (Wildman–Crippen LogP) is 2.94. The largest absolute Gasteiger partial charge is 0.361 e. The van der Waals surface area contributed by atoms with Gasteiger partial charge in [0.2, 0.25) is 0 Å². The minimum atomic E-state index is -0.0677. The van der Waals surface area contributed by atoms with Gasteiger partial charge in [-0.05, 0) is 26.0 Å². The van der Waals surface area contributed by atoms with Gasteiger partial charge in [-0.2, -0.15) is 0 Å². The minimum absolute atomic E-state index is 0.0677. The molecule has 4 nitrogen and oxygen atoms in total. The van der Waals surface area contributed by atoms with E-state index in [1.54, 1.807) is 18.8 Å². The molecule has 0 unspecified atom stereocenters. The van der Waals surface area contributed by atoms with E-state index in [4.69, 9.17) is 4.52 Å². The summed E-state index contributed by atoms with van der Waals surface area (Å²) in [5, 5.41) is 6.59. The zero-order valence-electron chi connectivity index (χ0n) is 11.2. The van der Waals surface area contributed by atoms with Gasteiger partial charge < -0.3 is 9.84 Å². The van der Waals surface area contributed by atoms with Crippen molar-refractivity contribution in [2.75, 3.05) is 7.05 Å². The number of benzene rings is 1. The van der Waals surface area contributed by atoms with Crippen molar-refractivity contribution in [2.45, 2.75) is 24.5 Å². The molecule has 0 fully saturated rings. The molecule has 1 aromatic heterocycles. The van der Waals surface area contributed by atoms with Crippen molar-refractivity contribution in [2.24, 2.45) is 0 Å². The molecule has 0 saturated heterocycles. The highest BCUT2D eigenvalue weighted by Gasteiger charge is 2.13. The Morgan fingerprint density at radius 3 is 2.74 bits per heavy atom. The number of thioether (sulfide) groups is 1. The molecule has 1 amide bonds. The molecule has 100 valence electrons. The summed E-state index contributed by atoms with van der Waals surface area (Å²) in [5.74, 6) is 1.51. The van der Waals surface area contributed by atoms with Gasteiger partial charge in [-0.15, -0.1) is 11.8 Å². The van der Waals surface area contributed by atoms with E-state index in [9.17, 15) is 4.79 Å². The van der Waals surface area contributed by atoms with E-state index < -0.39 is 0 Å². The summed E-state index contributed by atoms with van der Waals surface area (Å²) < 4.78 is 5.14. The normalized spacial score (nSPS) is 10.5. The highest BCUT2D eigenvalue weighted by Crippen LogP contribution is 2.28. The van der Waals surface area contributed by atoms with E-state index in [2.05, 4.69) is 10.5 Å². The number of nitrogens with zero attached hydrogens (tertiary/aromatic N) is 1. The summed E-state index contributed by atoms with van der Waals surface area (Å²) in [4.78, 5) is 12.7. The van der Waals surface area contributed by atoms with Gasteiger partial charge in [-0.1, -0.05) is 17.3 Å². The lowest BCUT2D eigenvalue weighted by atomic mass is 10.2. The number of nitrogens with one attached hydrogen (secondary N) is 1. The summed E-state index contributed by atoms with van der Waals surface area (Å²) in [6.07, 6.45) is 0. The number of carbonyl (C=O) groups excluding carboxylic acids is 1. The maximum atomic E-state index is 11.8. The van der Waals surface area contributed by atoms with Crippen LogP contribution in [0.15, 0.2) is 33.7 Å². The standard InChI is InChI=1S/C14H16N2O2S/c1-9-12(10(2)18-16-9)8-19-13-7-5-4-6-11(13)14(17)15-3/h4-7H,8H2,1-3H3,(H,15,17). The van der Waals surface area contributed by atoms with Gasteiger partial charge in [-0.25, -0.2) is 0 Å². The Balaban J connectivity index is 2.18. The number of aryl methyl sites for hydroxylation is 2. The molecule has 0 aliphatic carbocycles. The summed E-state index contributed by atoms with van der Waals surface area (Å²) in [7, 11) is 1.64. The molecule has 19 heavy (non-hydrogen) atoms. The molecule has 0 radical (unpaired) electrons. The number of rotatable bonds is 4. The Hall–Kier alpha value is -1.75. The molecule has 2 rings (SSSR count). The zero-order valence-corrected chi connectivity index (χ0v) is 12.0. The third-order valence-electron chi connectivity index (χ3n) is 2.91. The van der Waals surface area contributed by atoms with Crippen molar-refractivity contribution < 1.29 is 9.32 Å². The molecule has 2 aromatic rings. The third kappa shape index (κ3) is 2.98. The van der Waals surface area contributed by atoms with Crippen molar-refractivity contribution in [3.63, 3.8) is 0 Å². The van der Waals surface area contributed by atoms with E-state index in [-0.39, 0.29) is 5.91 Å². The number of amides is 1. The Morgan fingerprint density at radius 1 is 1.37 bits per heavy atom. The topological polar surface area (TPSA) is 55.1 Å². The molecule has 1 aromatic carbocycles. The summed E-state index contributed by atoms with van der Waals surface area (Å²) in [6, 6.07) is 7.58. The second-order valence-corrected chi connectivity index (χ2v) is 5.18. The van der Waals surface area contributed by atoms with Crippen LogP contribution in [0.5, 0.6) is 0 Å². The first kappa shape index (κ1) is 13.7. The van der Waals surface area contributed by atoms with E-state index in [1.807, 2.05) is 38.1 Å². The van der Waals surface area contributed by atoms with Crippen LogP contribution in [0.1, 0.15) is 27.4 Å². The van der Waals surface area contributed by atoms with Crippen LogP contribution in [-0.2, 0) is 5.75 Å². The van der Waals surface area contributed by atoms with E-state index in [1.165, 1.54) is 0 Å². The molecular weight excluding hydrogens is 260 g/mol. The lowest BCUT2D eigenvalue weighted by Crippen LogP contribution is -2.18. The van der Waals surface area contributed by atoms with Crippen LogP contribution in [0.4, 0.5) is 0 Å². The van der Waals surface area contributed by atoms with Gasteiger partial charge in [0.25, 0.3) is 5.91 Å². The second kappa shape index (κ2) is 5.93. The molecule has 0 aliphatic heterocycles. The summed E-state index contributed by atoms with van der Waals surface area (Å²) >= 11 is 1.62. The maximum Gasteiger partial charge on any atom is 0.252 e. The fourth-order valence-corrected chi connectivity index (χ4v) is 2.98. The van der Waals surface area contributed by atoms with Crippen molar-refractivity contribution in [1.82, 2.24) is 10.5 Å². The van der Waals surface area contributed by atoms with Crippen LogP contribution in [0, 0.1) is 13.8 Å². The molecule has 1 heterocycles. The molecule has 0 atom stereocenters. The third-order valence-corrected chi connectivity index (χ3v) is 4.01. The smallest absolute Gasteiger partial charge is 0.252 e. The van der Waals surface area contributed by atoms with Crippen LogP contribution in [0.2, 0.25) is 0 Å². The van der Waals surface area contributed by atoms with Crippen LogP contribution >= 0.6 is 11.8 Å². The summed E-state index contributed by atoms with van der Waals surface area (Å²) in [5.41, 5.74) is 2.70. The lowest BCUT2D eigenvalue weighted by molar-refractivity contribution is 0.0960. The first-order valence-electron chi connectivity index (χ1n) is 5.99. The quantitative estimate of drug-likeness (QED) is 0.872. The SMILES string of the molecule is CNC(=O)c1ccccc1SCc1c(C)noc1C. The Morgan fingerprint density at radius 2 is 2.11 bits per heavy atom. The first-order chi connectivity index (χ1) is 9.13. The molecule has 0 spiro atoms. The Bertz CT molecular complexity index is 573. The van der Waals surface area contributed by atoms with Crippen LogP contribution < -0.4 is 5.32 Å². The van der Waals surface area contributed by atoms with Crippen LogP contribution in [-0.4, -0.2) is 18.1 Å². The highest BCUT2D eigenvalue weighted by molar-refractivity contribution is 7.98. The van der Waals surface area contributed by atoms with Crippen molar-refractivity contribution in [1.29, 1.82) is 0 Å². The average Bonchev–Trinajstić information content (AvgIpc) is 2.75. The fraction of sp³-hybridized carbons (Fsp3) is 0.286. The van der Waals surface area contributed by atoms with Crippen molar-refractivity contribution in [3.05, 3.63) is 46.8 Å². The van der Waals surface area contributed by atoms with Crippen LogP contribution in [0.25, 0.3) is 0 Å². The molecule has 0 bridgehead atoms. The number of hydrogen-bond donors (Lipinski definition) is 1. The van der Waals surface area contributed by atoms with Gasteiger partial charge >= 0.3 is 0 Å². The van der Waals surface area contributed by atoms with Gasteiger partial charge in [0.1, 0.15) is 5.76 Å². The average molecular weight is 276 g/mol. The molecular formula is C14H16N2O2S. The number of hydrogen-bond acceptors (Lipinski definition) is 4. The number of aromatic nitrogens is 1. The molecule has 5 heteroatoms.